The number of carbonyl (C=O) groups is 2. The fourth-order valence-electron chi connectivity index (χ4n) is 2.81. The van der Waals surface area contributed by atoms with E-state index in [9.17, 15) is 9.59 Å². The molecule has 0 saturated carbocycles. The lowest BCUT2D eigenvalue weighted by atomic mass is 10.2. The monoisotopic (exact) mass is 516 g/mol. The highest BCUT2D eigenvalue weighted by Crippen LogP contribution is 2.29. The minimum atomic E-state index is -0.861. The first-order valence-corrected chi connectivity index (χ1v) is 11.0. The molecule has 0 unspecified atom stereocenters. The van der Waals surface area contributed by atoms with Crippen molar-refractivity contribution in [1.82, 2.24) is 5.43 Å². The first-order chi connectivity index (χ1) is 16.8. The number of hydrogen-bond donors (Lipinski definition) is 1. The number of ether oxygens (including phenoxy) is 4. The van der Waals surface area contributed by atoms with Gasteiger partial charge in [-0.1, -0.05) is 23.2 Å². The van der Waals surface area contributed by atoms with Crippen LogP contribution < -0.4 is 24.4 Å². The zero-order valence-electron chi connectivity index (χ0n) is 19.1. The van der Waals surface area contributed by atoms with Crippen LogP contribution in [0.3, 0.4) is 0 Å². The standard InChI is InChI=1S/C25H22Cl2N2O6/c1-15(34-21-11-7-18(26)13-20(21)27)24(30)29-28-14-16-4-10-22(23(12-16)33-3)35-25(31)17-5-8-19(32-2)9-6-17/h4-15H,1-3H3,(H,29,30)/b28-14-/t15-/m1/s1. The quantitative estimate of drug-likeness (QED) is 0.183. The minimum absolute atomic E-state index is 0.233. The lowest BCUT2D eigenvalue weighted by Gasteiger charge is -2.14. The summed E-state index contributed by atoms with van der Waals surface area (Å²) in [7, 11) is 2.99. The fraction of sp³-hybridized carbons (Fsp3) is 0.160. The molecule has 0 radical (unpaired) electrons. The lowest BCUT2D eigenvalue weighted by Crippen LogP contribution is -2.33. The first kappa shape index (κ1) is 25.9. The van der Waals surface area contributed by atoms with Gasteiger partial charge in [0.15, 0.2) is 17.6 Å². The summed E-state index contributed by atoms with van der Waals surface area (Å²) in [6.45, 7) is 1.56. The summed E-state index contributed by atoms with van der Waals surface area (Å²) < 4.78 is 21.4. The summed E-state index contributed by atoms with van der Waals surface area (Å²) in [6, 6.07) is 16.1. The minimum Gasteiger partial charge on any atom is -0.497 e. The Morgan fingerprint density at radius 1 is 0.914 bits per heavy atom. The zero-order chi connectivity index (χ0) is 25.4. The van der Waals surface area contributed by atoms with Gasteiger partial charge in [0.1, 0.15) is 11.5 Å². The lowest BCUT2D eigenvalue weighted by molar-refractivity contribution is -0.127. The maximum absolute atomic E-state index is 12.4. The van der Waals surface area contributed by atoms with Gasteiger partial charge in [-0.2, -0.15) is 5.10 Å². The molecule has 3 rings (SSSR count). The second-order valence-corrected chi connectivity index (χ2v) is 7.94. The smallest absolute Gasteiger partial charge is 0.343 e. The average Bonchev–Trinajstić information content (AvgIpc) is 2.86. The van der Waals surface area contributed by atoms with Crippen LogP contribution in [0.15, 0.2) is 65.8 Å². The van der Waals surface area contributed by atoms with Crippen molar-refractivity contribution in [2.24, 2.45) is 5.10 Å². The maximum atomic E-state index is 12.4. The van der Waals surface area contributed by atoms with Gasteiger partial charge >= 0.3 is 5.97 Å². The van der Waals surface area contributed by atoms with Gasteiger partial charge in [-0.3, -0.25) is 4.79 Å². The Labute approximate surface area is 212 Å². The van der Waals surface area contributed by atoms with E-state index in [1.54, 1.807) is 68.6 Å². The molecule has 0 heterocycles. The third-order valence-corrected chi connectivity index (χ3v) is 5.20. The van der Waals surface area contributed by atoms with Crippen LogP contribution in [0.4, 0.5) is 0 Å². The van der Waals surface area contributed by atoms with Gasteiger partial charge in [0.2, 0.25) is 0 Å². The van der Waals surface area contributed by atoms with E-state index in [4.69, 9.17) is 42.1 Å². The number of rotatable bonds is 9. The van der Waals surface area contributed by atoms with Crippen molar-refractivity contribution in [3.8, 4) is 23.0 Å². The molecule has 8 nitrogen and oxygen atoms in total. The van der Waals surface area contributed by atoms with Gasteiger partial charge in [-0.15, -0.1) is 0 Å². The van der Waals surface area contributed by atoms with Crippen molar-refractivity contribution >= 4 is 41.3 Å². The average molecular weight is 517 g/mol. The third kappa shape index (κ3) is 7.11. The summed E-state index contributed by atoms with van der Waals surface area (Å²) in [5, 5.41) is 4.69. The predicted octanol–water partition coefficient (Wildman–Crippen LogP) is 5.15. The molecule has 0 bridgehead atoms. The number of nitrogens with zero attached hydrogens (tertiary/aromatic N) is 1. The van der Waals surface area contributed by atoms with Gasteiger partial charge in [0, 0.05) is 5.02 Å². The summed E-state index contributed by atoms with van der Waals surface area (Å²) in [5.74, 6) is 0.475. The Balaban J connectivity index is 1.60. The molecule has 1 amide bonds. The van der Waals surface area contributed by atoms with Crippen LogP contribution >= 0.6 is 23.2 Å². The Kier molecular flexibility index (Phi) is 8.94. The molecule has 0 fully saturated rings. The normalized spacial score (nSPS) is 11.6. The second-order valence-electron chi connectivity index (χ2n) is 7.10. The predicted molar refractivity (Wildman–Crippen MR) is 133 cm³/mol. The number of esters is 1. The molecule has 0 aliphatic carbocycles. The number of benzene rings is 3. The maximum Gasteiger partial charge on any atom is 0.343 e. The number of methoxy groups -OCH3 is 2. The molecule has 1 atom stereocenters. The Bertz CT molecular complexity index is 1230. The molecule has 35 heavy (non-hydrogen) atoms. The van der Waals surface area contributed by atoms with Gasteiger partial charge in [-0.25, -0.2) is 10.2 Å². The molecule has 0 aromatic heterocycles. The highest BCUT2D eigenvalue weighted by atomic mass is 35.5. The summed E-state index contributed by atoms with van der Waals surface area (Å²) >= 11 is 11.9. The largest absolute Gasteiger partial charge is 0.497 e. The van der Waals surface area contributed by atoms with E-state index in [-0.39, 0.29) is 5.75 Å². The molecule has 3 aromatic carbocycles. The SMILES string of the molecule is COc1ccc(C(=O)Oc2ccc(/C=N\NC(=O)[C@@H](C)Oc3ccc(Cl)cc3Cl)cc2OC)cc1. The zero-order valence-corrected chi connectivity index (χ0v) is 20.6. The molecule has 182 valence electrons. The first-order valence-electron chi connectivity index (χ1n) is 10.3. The van der Waals surface area contributed by atoms with Crippen molar-refractivity contribution in [2.75, 3.05) is 14.2 Å². The highest BCUT2D eigenvalue weighted by Gasteiger charge is 2.16. The van der Waals surface area contributed by atoms with Crippen molar-refractivity contribution < 1.29 is 28.5 Å². The third-order valence-electron chi connectivity index (χ3n) is 4.67. The number of carbonyl (C=O) groups excluding carboxylic acids is 2. The van der Waals surface area contributed by atoms with Crippen molar-refractivity contribution in [2.45, 2.75) is 13.0 Å². The molecule has 0 saturated heterocycles. The molecule has 1 N–H and O–H groups in total. The van der Waals surface area contributed by atoms with E-state index in [1.165, 1.54) is 19.4 Å². The second kappa shape index (κ2) is 12.1. The molecule has 0 aliphatic rings. The van der Waals surface area contributed by atoms with E-state index >= 15 is 0 Å². The van der Waals surface area contributed by atoms with Crippen LogP contribution in [-0.2, 0) is 4.79 Å². The Hall–Kier alpha value is -3.75. The summed E-state index contributed by atoms with van der Waals surface area (Å²) in [5.41, 5.74) is 3.35. The molecule has 0 aliphatic heterocycles. The van der Waals surface area contributed by atoms with Crippen LogP contribution in [0.2, 0.25) is 10.0 Å². The fourth-order valence-corrected chi connectivity index (χ4v) is 3.26. The van der Waals surface area contributed by atoms with E-state index in [2.05, 4.69) is 10.5 Å². The van der Waals surface area contributed by atoms with Gasteiger partial charge in [0.25, 0.3) is 5.91 Å². The number of hydrazone groups is 1. The molecule has 0 spiro atoms. The van der Waals surface area contributed by atoms with E-state index in [0.29, 0.717) is 38.4 Å². The summed E-state index contributed by atoms with van der Waals surface area (Å²) in [6.07, 6.45) is 0.553. The molecular weight excluding hydrogens is 495 g/mol. The van der Waals surface area contributed by atoms with Crippen LogP contribution in [0.5, 0.6) is 23.0 Å². The van der Waals surface area contributed by atoms with Crippen molar-refractivity contribution in [3.05, 3.63) is 81.8 Å². The molecular formula is C25H22Cl2N2O6. The number of hydrogen-bond acceptors (Lipinski definition) is 7. The Morgan fingerprint density at radius 3 is 2.29 bits per heavy atom. The highest BCUT2D eigenvalue weighted by molar-refractivity contribution is 6.35. The summed E-state index contributed by atoms with van der Waals surface area (Å²) in [4.78, 5) is 24.7. The molecule has 3 aromatic rings. The Morgan fingerprint density at radius 2 is 1.63 bits per heavy atom. The van der Waals surface area contributed by atoms with Crippen LogP contribution in [-0.4, -0.2) is 38.4 Å². The van der Waals surface area contributed by atoms with E-state index < -0.39 is 18.0 Å². The topological polar surface area (TPSA) is 95.5 Å². The van der Waals surface area contributed by atoms with E-state index in [1.807, 2.05) is 0 Å². The van der Waals surface area contributed by atoms with Crippen molar-refractivity contribution in [1.29, 1.82) is 0 Å². The number of halogens is 2. The van der Waals surface area contributed by atoms with Gasteiger partial charge < -0.3 is 18.9 Å². The number of nitrogens with one attached hydrogen (secondary N) is 1. The van der Waals surface area contributed by atoms with Crippen LogP contribution in [0.25, 0.3) is 0 Å². The van der Waals surface area contributed by atoms with Gasteiger partial charge in [-0.05, 0) is 73.2 Å². The van der Waals surface area contributed by atoms with Gasteiger partial charge in [0.05, 0.1) is 31.0 Å². The van der Waals surface area contributed by atoms with Crippen LogP contribution in [0.1, 0.15) is 22.8 Å². The number of amides is 1. The van der Waals surface area contributed by atoms with Crippen LogP contribution in [0, 0.1) is 0 Å². The van der Waals surface area contributed by atoms with E-state index in [0.717, 1.165) is 0 Å². The van der Waals surface area contributed by atoms with Crippen molar-refractivity contribution in [3.63, 3.8) is 0 Å². The molecule has 10 heteroatoms.